The van der Waals surface area contributed by atoms with Gasteiger partial charge in [0.15, 0.2) is 5.65 Å². The first kappa shape index (κ1) is 13.3. The second kappa shape index (κ2) is 5.42. The van der Waals surface area contributed by atoms with Gasteiger partial charge >= 0.3 is 0 Å². The molecule has 0 fully saturated rings. The highest BCUT2D eigenvalue weighted by Gasteiger charge is 2.08. The molecule has 0 atom stereocenters. The number of nitrogens with zero attached hydrogens (tertiary/aromatic N) is 3. The van der Waals surface area contributed by atoms with Gasteiger partial charge in [-0.3, -0.25) is 4.79 Å². The Morgan fingerprint density at radius 1 is 1.00 bits per heavy atom. The summed E-state index contributed by atoms with van der Waals surface area (Å²) in [5.74, 6) is 0.473. The van der Waals surface area contributed by atoms with Crippen molar-refractivity contribution in [2.24, 2.45) is 0 Å². The number of anilines is 2. The van der Waals surface area contributed by atoms with Gasteiger partial charge in [0.25, 0.3) is 0 Å². The summed E-state index contributed by atoms with van der Waals surface area (Å²) in [7, 11) is 0. The minimum Gasteiger partial charge on any atom is -0.327 e. The van der Waals surface area contributed by atoms with Crippen LogP contribution in [0.25, 0.3) is 16.9 Å². The Balaban J connectivity index is 0.00000169. The number of aromatic nitrogens is 4. The topological polar surface area (TPSA) is 75.1 Å². The average molecular weight is 305 g/mol. The van der Waals surface area contributed by atoms with Crippen molar-refractivity contribution in [1.29, 1.82) is 0 Å². The van der Waals surface area contributed by atoms with Crippen molar-refractivity contribution in [2.45, 2.75) is 0 Å². The number of fused-ring (bicyclic) bond motifs is 1. The van der Waals surface area contributed by atoms with E-state index < -0.39 is 0 Å². The van der Waals surface area contributed by atoms with Crippen LogP contribution in [0.3, 0.4) is 0 Å². The van der Waals surface area contributed by atoms with Gasteiger partial charge in [-0.25, -0.2) is 4.52 Å². The monoisotopic (exact) mass is 305 g/mol. The molecule has 0 bridgehead atoms. The Morgan fingerprint density at radius 2 is 1.87 bits per heavy atom. The highest BCUT2D eigenvalue weighted by molar-refractivity contribution is 5.64. The predicted molar refractivity (Wildman–Crippen MR) is 90.9 cm³/mol. The van der Waals surface area contributed by atoms with Crippen LogP contribution in [0.4, 0.5) is 11.6 Å². The van der Waals surface area contributed by atoms with Crippen molar-refractivity contribution in [3.63, 3.8) is 0 Å². The molecule has 0 aliphatic rings. The third-order valence-electron chi connectivity index (χ3n) is 3.47. The van der Waals surface area contributed by atoms with E-state index >= 15 is 0 Å². The SMILES string of the molecule is O=c1ccc(Nc2nc3cccc(-c4ccccc4)n3n2)c[nH]1.[HH]. The van der Waals surface area contributed by atoms with Crippen molar-refractivity contribution in [3.05, 3.63) is 77.2 Å². The summed E-state index contributed by atoms with van der Waals surface area (Å²) < 4.78 is 1.79. The van der Waals surface area contributed by atoms with E-state index in [1.165, 1.54) is 6.07 Å². The Labute approximate surface area is 132 Å². The maximum Gasteiger partial charge on any atom is 0.248 e. The molecular weight excluding hydrogens is 290 g/mol. The Bertz CT molecular complexity index is 1010. The fraction of sp³-hybridized carbons (Fsp3) is 0. The van der Waals surface area contributed by atoms with Gasteiger partial charge in [0, 0.05) is 19.3 Å². The fourth-order valence-electron chi connectivity index (χ4n) is 2.40. The summed E-state index contributed by atoms with van der Waals surface area (Å²) in [5.41, 5.74) is 3.36. The minimum atomic E-state index is -0.148. The molecule has 0 saturated heterocycles. The van der Waals surface area contributed by atoms with E-state index in [4.69, 9.17) is 0 Å². The lowest BCUT2D eigenvalue weighted by atomic mass is 10.1. The van der Waals surface area contributed by atoms with Crippen LogP contribution >= 0.6 is 0 Å². The lowest BCUT2D eigenvalue weighted by Gasteiger charge is -2.03. The summed E-state index contributed by atoms with van der Waals surface area (Å²) in [4.78, 5) is 18.2. The molecule has 0 spiro atoms. The maximum absolute atomic E-state index is 11.1. The predicted octanol–water partition coefficient (Wildman–Crippen LogP) is 3.07. The zero-order valence-corrected chi connectivity index (χ0v) is 12.1. The van der Waals surface area contributed by atoms with E-state index in [0.717, 1.165) is 22.6 Å². The first-order valence-corrected chi connectivity index (χ1v) is 7.16. The summed E-state index contributed by atoms with van der Waals surface area (Å²) in [6, 6.07) is 19.0. The molecule has 4 aromatic rings. The maximum atomic E-state index is 11.1. The molecule has 23 heavy (non-hydrogen) atoms. The lowest BCUT2D eigenvalue weighted by molar-refractivity contribution is 0.973. The standard InChI is InChI=1S/C17H13N5O.H2/c23-16-10-9-13(11-18-16)19-17-20-15-8-4-7-14(22(15)21-17)12-5-2-1-3-6-12;/h1-11H,(H,18,23)(H,19,21);1H. The number of rotatable bonds is 3. The van der Waals surface area contributed by atoms with Gasteiger partial charge in [-0.2, -0.15) is 4.98 Å². The second-order valence-electron chi connectivity index (χ2n) is 5.05. The van der Waals surface area contributed by atoms with Crippen LogP contribution < -0.4 is 10.9 Å². The molecule has 4 rings (SSSR count). The highest BCUT2D eigenvalue weighted by atomic mass is 16.1. The molecule has 3 aromatic heterocycles. The quantitative estimate of drug-likeness (QED) is 0.610. The molecule has 6 nitrogen and oxygen atoms in total. The number of hydrogen-bond acceptors (Lipinski definition) is 4. The van der Waals surface area contributed by atoms with Crippen molar-refractivity contribution < 1.29 is 1.43 Å². The summed E-state index contributed by atoms with van der Waals surface area (Å²) in [6.07, 6.45) is 1.59. The molecule has 0 amide bonds. The van der Waals surface area contributed by atoms with Crippen molar-refractivity contribution in [2.75, 3.05) is 5.32 Å². The third kappa shape index (κ3) is 2.57. The van der Waals surface area contributed by atoms with E-state index in [1.807, 2.05) is 48.5 Å². The largest absolute Gasteiger partial charge is 0.327 e. The molecule has 0 aliphatic heterocycles. The van der Waals surface area contributed by atoms with Crippen LogP contribution in [0.2, 0.25) is 0 Å². The molecule has 0 aliphatic carbocycles. The van der Waals surface area contributed by atoms with E-state index in [1.54, 1.807) is 16.8 Å². The first-order valence-electron chi connectivity index (χ1n) is 7.16. The van der Waals surface area contributed by atoms with Crippen molar-refractivity contribution in [1.82, 2.24) is 19.6 Å². The number of benzene rings is 1. The van der Waals surface area contributed by atoms with Gasteiger partial charge < -0.3 is 10.3 Å². The lowest BCUT2D eigenvalue weighted by Crippen LogP contribution is -2.03. The molecule has 0 unspecified atom stereocenters. The van der Waals surface area contributed by atoms with Crippen LogP contribution in [-0.2, 0) is 0 Å². The molecule has 0 radical (unpaired) electrons. The Morgan fingerprint density at radius 3 is 2.65 bits per heavy atom. The zero-order valence-electron chi connectivity index (χ0n) is 12.1. The summed E-state index contributed by atoms with van der Waals surface area (Å²) >= 11 is 0. The number of hydrogen-bond donors (Lipinski definition) is 2. The summed E-state index contributed by atoms with van der Waals surface area (Å²) in [6.45, 7) is 0. The smallest absolute Gasteiger partial charge is 0.248 e. The zero-order chi connectivity index (χ0) is 15.6. The number of nitrogens with one attached hydrogen (secondary N) is 2. The van der Waals surface area contributed by atoms with E-state index in [9.17, 15) is 4.79 Å². The molecular formula is C17H15N5O. The van der Waals surface area contributed by atoms with E-state index in [-0.39, 0.29) is 6.99 Å². The van der Waals surface area contributed by atoms with Gasteiger partial charge in [-0.05, 0) is 18.2 Å². The first-order chi connectivity index (χ1) is 11.3. The van der Waals surface area contributed by atoms with Gasteiger partial charge in [0.2, 0.25) is 11.5 Å². The second-order valence-corrected chi connectivity index (χ2v) is 5.05. The normalized spacial score (nSPS) is 10.8. The van der Waals surface area contributed by atoms with Crippen LogP contribution in [0.15, 0.2) is 71.7 Å². The highest BCUT2D eigenvalue weighted by Crippen LogP contribution is 2.21. The van der Waals surface area contributed by atoms with Crippen molar-refractivity contribution in [3.8, 4) is 11.3 Å². The van der Waals surface area contributed by atoms with Gasteiger partial charge in [-0.15, -0.1) is 5.10 Å². The van der Waals surface area contributed by atoms with E-state index in [2.05, 4.69) is 20.4 Å². The van der Waals surface area contributed by atoms with Gasteiger partial charge in [0.1, 0.15) is 0 Å². The fourth-order valence-corrected chi connectivity index (χ4v) is 2.40. The minimum absolute atomic E-state index is 0. The number of H-pyrrole nitrogens is 1. The van der Waals surface area contributed by atoms with E-state index in [0.29, 0.717) is 5.95 Å². The number of aromatic amines is 1. The van der Waals surface area contributed by atoms with Crippen LogP contribution in [0.5, 0.6) is 0 Å². The molecule has 0 saturated carbocycles. The molecule has 3 heterocycles. The van der Waals surface area contributed by atoms with Crippen LogP contribution in [-0.4, -0.2) is 19.6 Å². The van der Waals surface area contributed by atoms with Crippen LogP contribution in [0, 0.1) is 0 Å². The van der Waals surface area contributed by atoms with Gasteiger partial charge in [-0.1, -0.05) is 36.4 Å². The molecule has 2 N–H and O–H groups in total. The third-order valence-corrected chi connectivity index (χ3v) is 3.47. The molecule has 1 aromatic carbocycles. The average Bonchev–Trinajstić information content (AvgIpc) is 3.00. The Hall–Kier alpha value is -3.41. The summed E-state index contributed by atoms with van der Waals surface area (Å²) in [5, 5.41) is 7.60. The van der Waals surface area contributed by atoms with Crippen LogP contribution in [0.1, 0.15) is 1.43 Å². The van der Waals surface area contributed by atoms with Gasteiger partial charge in [0.05, 0.1) is 11.4 Å². The van der Waals surface area contributed by atoms with Crippen molar-refractivity contribution >= 4 is 17.3 Å². The molecule has 114 valence electrons. The Kier molecular flexibility index (Phi) is 3.12. The molecule has 6 heteroatoms. The number of pyridine rings is 2.